The van der Waals surface area contributed by atoms with Gasteiger partial charge in [0, 0.05) is 5.56 Å². The van der Waals surface area contributed by atoms with Crippen molar-refractivity contribution in [1.82, 2.24) is 4.98 Å². The molecule has 0 unspecified atom stereocenters. The molecule has 0 aliphatic carbocycles. The number of rotatable bonds is 0. The van der Waals surface area contributed by atoms with Gasteiger partial charge < -0.3 is 5.73 Å². The summed E-state index contributed by atoms with van der Waals surface area (Å²) in [4.78, 5) is 4.22. The first-order valence-corrected chi connectivity index (χ1v) is 9.45. The molecule has 0 radical (unpaired) electrons. The fraction of sp³-hybridized carbons (Fsp3) is 0.250. The third-order valence-corrected chi connectivity index (χ3v) is 3.71. The first-order chi connectivity index (χ1) is 7.44. The number of fused-ring (bicyclic) bond motifs is 1. The molecule has 2 N–H and O–H groups in total. The molecule has 1 aromatic carbocycles. The Morgan fingerprint density at radius 1 is 1.31 bits per heavy atom. The van der Waals surface area contributed by atoms with Crippen LogP contribution in [0.1, 0.15) is 5.56 Å². The van der Waals surface area contributed by atoms with E-state index in [0.29, 0.717) is 5.13 Å². The molecule has 0 aliphatic rings. The van der Waals surface area contributed by atoms with Crippen LogP contribution in [-0.2, 0) is 0 Å². The quantitative estimate of drug-likeness (QED) is 0.573. The molecule has 4 heteroatoms. The number of nitrogen functional groups attached to an aromatic ring is 1. The molecule has 82 valence electrons. The molecule has 0 amide bonds. The molecule has 0 saturated carbocycles. The Kier molecular flexibility index (Phi) is 2.74. The minimum Gasteiger partial charge on any atom is -0.375 e. The molecule has 0 bridgehead atoms. The fourth-order valence-corrected chi connectivity index (χ4v) is 2.57. The first-order valence-electron chi connectivity index (χ1n) is 5.13. The van der Waals surface area contributed by atoms with E-state index >= 15 is 0 Å². The first kappa shape index (κ1) is 11.2. The molecule has 1 aromatic heterocycles. The van der Waals surface area contributed by atoms with Crippen molar-refractivity contribution >= 4 is 34.8 Å². The van der Waals surface area contributed by atoms with E-state index in [4.69, 9.17) is 5.73 Å². The number of benzene rings is 1. The molecular weight excluding hydrogens is 232 g/mol. The molecule has 2 aromatic rings. The van der Waals surface area contributed by atoms with Crippen molar-refractivity contribution in [1.29, 1.82) is 0 Å². The smallest absolute Gasteiger partial charge is 0.181 e. The van der Waals surface area contributed by atoms with E-state index < -0.39 is 8.07 Å². The van der Waals surface area contributed by atoms with Gasteiger partial charge in [-0.05, 0) is 18.2 Å². The monoisotopic (exact) mass is 246 g/mol. The summed E-state index contributed by atoms with van der Waals surface area (Å²) in [5, 5.41) is 0.616. The Labute approximate surface area is 101 Å². The van der Waals surface area contributed by atoms with Gasteiger partial charge in [-0.3, -0.25) is 0 Å². The zero-order valence-corrected chi connectivity index (χ0v) is 11.5. The Hall–Kier alpha value is -1.31. The van der Waals surface area contributed by atoms with Gasteiger partial charge in [0.25, 0.3) is 0 Å². The van der Waals surface area contributed by atoms with E-state index in [1.807, 2.05) is 12.1 Å². The number of thiazole rings is 1. The van der Waals surface area contributed by atoms with Crippen LogP contribution in [0.25, 0.3) is 10.2 Å². The van der Waals surface area contributed by atoms with Crippen LogP contribution in [0.4, 0.5) is 5.13 Å². The molecule has 0 saturated heterocycles. The van der Waals surface area contributed by atoms with Crippen molar-refractivity contribution in [3.63, 3.8) is 0 Å². The summed E-state index contributed by atoms with van der Waals surface area (Å²) in [7, 11) is -1.30. The van der Waals surface area contributed by atoms with Crippen LogP contribution < -0.4 is 5.73 Å². The van der Waals surface area contributed by atoms with Crippen LogP contribution in [0.5, 0.6) is 0 Å². The van der Waals surface area contributed by atoms with Gasteiger partial charge in [-0.15, -0.1) is 5.54 Å². The van der Waals surface area contributed by atoms with E-state index in [2.05, 4.69) is 42.2 Å². The summed E-state index contributed by atoms with van der Waals surface area (Å²) in [5.41, 5.74) is 11.0. The average molecular weight is 246 g/mol. The second-order valence-corrected chi connectivity index (χ2v) is 10.5. The molecule has 0 atom stereocenters. The highest BCUT2D eigenvalue weighted by molar-refractivity contribution is 7.22. The van der Waals surface area contributed by atoms with Crippen molar-refractivity contribution in [3.05, 3.63) is 23.8 Å². The van der Waals surface area contributed by atoms with Gasteiger partial charge in [0.2, 0.25) is 0 Å². The third-order valence-electron chi connectivity index (χ3n) is 1.99. The molecule has 2 rings (SSSR count). The number of hydrogen-bond acceptors (Lipinski definition) is 3. The topological polar surface area (TPSA) is 38.9 Å². The van der Waals surface area contributed by atoms with Crippen LogP contribution in [0, 0.1) is 11.5 Å². The Balaban J connectivity index is 2.42. The average Bonchev–Trinajstić information content (AvgIpc) is 2.52. The number of anilines is 1. The number of nitrogens with two attached hydrogens (primary N) is 1. The van der Waals surface area contributed by atoms with Gasteiger partial charge in [0.1, 0.15) is 8.07 Å². The maximum absolute atomic E-state index is 5.66. The van der Waals surface area contributed by atoms with Gasteiger partial charge in [-0.1, -0.05) is 36.9 Å². The Morgan fingerprint density at radius 2 is 2.06 bits per heavy atom. The summed E-state index contributed by atoms with van der Waals surface area (Å²) in [6.07, 6.45) is 0. The lowest BCUT2D eigenvalue weighted by molar-refractivity contribution is 1.49. The van der Waals surface area contributed by atoms with Crippen LogP contribution in [-0.4, -0.2) is 13.1 Å². The second-order valence-electron chi connectivity index (χ2n) is 4.73. The lowest BCUT2D eigenvalue weighted by Gasteiger charge is -2.03. The minimum atomic E-state index is -1.30. The van der Waals surface area contributed by atoms with Crippen molar-refractivity contribution < 1.29 is 0 Å². The van der Waals surface area contributed by atoms with Crippen LogP contribution in [0.15, 0.2) is 18.2 Å². The van der Waals surface area contributed by atoms with Crippen molar-refractivity contribution in [2.24, 2.45) is 0 Å². The van der Waals surface area contributed by atoms with Gasteiger partial charge >= 0.3 is 0 Å². The van der Waals surface area contributed by atoms with Crippen molar-refractivity contribution in [3.8, 4) is 11.5 Å². The SMILES string of the molecule is C[Si](C)(C)C#Cc1ccc2nc(N)sc2c1. The van der Waals surface area contributed by atoms with E-state index in [-0.39, 0.29) is 0 Å². The molecule has 0 aliphatic heterocycles. The predicted molar refractivity (Wildman–Crippen MR) is 74.3 cm³/mol. The highest BCUT2D eigenvalue weighted by atomic mass is 32.1. The van der Waals surface area contributed by atoms with Gasteiger partial charge in [-0.2, -0.15) is 0 Å². The van der Waals surface area contributed by atoms with E-state index in [0.717, 1.165) is 15.8 Å². The van der Waals surface area contributed by atoms with Gasteiger partial charge in [-0.25, -0.2) is 4.98 Å². The highest BCUT2D eigenvalue weighted by Crippen LogP contribution is 2.24. The van der Waals surface area contributed by atoms with Gasteiger partial charge in [0.05, 0.1) is 10.2 Å². The van der Waals surface area contributed by atoms with E-state index in [9.17, 15) is 0 Å². The van der Waals surface area contributed by atoms with Crippen molar-refractivity contribution in [2.75, 3.05) is 5.73 Å². The molecule has 0 fully saturated rings. The number of nitrogens with zero attached hydrogens (tertiary/aromatic N) is 1. The zero-order valence-electron chi connectivity index (χ0n) is 9.66. The molecular formula is C12H14N2SSi. The molecule has 0 spiro atoms. The summed E-state index contributed by atoms with van der Waals surface area (Å²) in [5.74, 6) is 3.24. The Morgan fingerprint density at radius 3 is 2.75 bits per heavy atom. The normalized spacial score (nSPS) is 11.2. The van der Waals surface area contributed by atoms with Crippen molar-refractivity contribution in [2.45, 2.75) is 19.6 Å². The van der Waals surface area contributed by atoms with Gasteiger partial charge in [0.15, 0.2) is 5.13 Å². The summed E-state index contributed by atoms with van der Waals surface area (Å²) < 4.78 is 1.11. The summed E-state index contributed by atoms with van der Waals surface area (Å²) in [6.45, 7) is 6.72. The van der Waals surface area contributed by atoms with Crippen LogP contribution in [0.3, 0.4) is 0 Å². The number of hydrogen-bond donors (Lipinski definition) is 1. The molecule has 1 heterocycles. The Bertz CT molecular complexity index is 584. The lowest BCUT2D eigenvalue weighted by atomic mass is 10.2. The van der Waals surface area contributed by atoms with E-state index in [1.54, 1.807) is 0 Å². The maximum Gasteiger partial charge on any atom is 0.181 e. The largest absolute Gasteiger partial charge is 0.375 e. The van der Waals surface area contributed by atoms with Crippen LogP contribution >= 0.6 is 11.3 Å². The molecule has 2 nitrogen and oxygen atoms in total. The predicted octanol–water partition coefficient (Wildman–Crippen LogP) is 3.11. The third kappa shape index (κ3) is 2.63. The fourth-order valence-electron chi connectivity index (χ4n) is 1.28. The standard InChI is InChI=1S/C12H14N2SSi/c1-16(2,3)7-6-9-4-5-10-11(8-9)15-12(13)14-10/h4-5,8H,1-3H3,(H2,13,14). The highest BCUT2D eigenvalue weighted by Gasteiger charge is 2.07. The zero-order chi connectivity index (χ0) is 11.8. The minimum absolute atomic E-state index is 0.616. The second kappa shape index (κ2) is 3.93. The maximum atomic E-state index is 5.66. The number of aromatic nitrogens is 1. The summed E-state index contributed by atoms with van der Waals surface area (Å²) in [6, 6.07) is 6.06. The van der Waals surface area contributed by atoms with E-state index in [1.165, 1.54) is 11.3 Å². The summed E-state index contributed by atoms with van der Waals surface area (Å²) >= 11 is 1.51. The molecule has 16 heavy (non-hydrogen) atoms. The van der Waals surface area contributed by atoms with Crippen LogP contribution in [0.2, 0.25) is 19.6 Å². The lowest BCUT2D eigenvalue weighted by Crippen LogP contribution is -2.16.